The molecule has 0 fully saturated rings. The van der Waals surface area contributed by atoms with Crippen LogP contribution in [0.3, 0.4) is 0 Å². The first-order valence-corrected chi connectivity index (χ1v) is 7.61. The smallest absolute Gasteiger partial charge is 0.341 e. The zero-order valence-electron chi connectivity index (χ0n) is 14.2. The summed E-state index contributed by atoms with van der Waals surface area (Å²) in [6, 6.07) is 13.9. The fourth-order valence-corrected chi connectivity index (χ4v) is 2.35. The molecular formula is C21H19FO3. The largest absolute Gasteiger partial charge is 0.503 e. The van der Waals surface area contributed by atoms with Gasteiger partial charge in [-0.05, 0) is 28.8 Å². The van der Waals surface area contributed by atoms with E-state index in [-0.39, 0.29) is 5.57 Å². The molecule has 3 nitrogen and oxygen atoms in total. The molecule has 0 aliphatic heterocycles. The van der Waals surface area contributed by atoms with E-state index in [0.29, 0.717) is 16.7 Å². The van der Waals surface area contributed by atoms with Crippen LogP contribution in [-0.2, 0) is 14.3 Å². The van der Waals surface area contributed by atoms with Crippen molar-refractivity contribution in [1.29, 1.82) is 0 Å². The van der Waals surface area contributed by atoms with E-state index in [1.54, 1.807) is 48.5 Å². The van der Waals surface area contributed by atoms with Crippen molar-refractivity contribution < 1.29 is 18.7 Å². The van der Waals surface area contributed by atoms with Gasteiger partial charge in [0.2, 0.25) is 0 Å². The van der Waals surface area contributed by atoms with Gasteiger partial charge >= 0.3 is 5.97 Å². The van der Waals surface area contributed by atoms with Gasteiger partial charge in [0.05, 0.1) is 20.5 Å². The van der Waals surface area contributed by atoms with E-state index in [1.165, 1.54) is 26.6 Å². The summed E-state index contributed by atoms with van der Waals surface area (Å²) >= 11 is 0. The molecule has 0 bridgehead atoms. The molecular weight excluding hydrogens is 319 g/mol. The highest BCUT2D eigenvalue weighted by atomic mass is 19.1. The van der Waals surface area contributed by atoms with Crippen LogP contribution in [0.15, 0.2) is 61.4 Å². The molecule has 0 radical (unpaired) electrons. The van der Waals surface area contributed by atoms with Crippen LogP contribution in [0.1, 0.15) is 22.3 Å². The lowest BCUT2D eigenvalue weighted by atomic mass is 9.99. The molecule has 2 aromatic rings. The maximum Gasteiger partial charge on any atom is 0.341 e. The van der Waals surface area contributed by atoms with Gasteiger partial charge in [-0.15, -0.1) is 0 Å². The van der Waals surface area contributed by atoms with Gasteiger partial charge < -0.3 is 9.47 Å². The maximum absolute atomic E-state index is 14.7. The molecule has 4 heteroatoms. The van der Waals surface area contributed by atoms with Gasteiger partial charge in [-0.1, -0.05) is 55.1 Å². The molecule has 0 aromatic heterocycles. The Hall–Kier alpha value is -3.14. The highest BCUT2D eigenvalue weighted by Crippen LogP contribution is 2.26. The van der Waals surface area contributed by atoms with Gasteiger partial charge in [-0.2, -0.15) is 0 Å². The summed E-state index contributed by atoms with van der Waals surface area (Å²) in [5, 5.41) is 0. The van der Waals surface area contributed by atoms with Crippen molar-refractivity contribution in [3.8, 4) is 0 Å². The summed E-state index contributed by atoms with van der Waals surface area (Å²) in [5.74, 6) is -0.977. The second-order valence-corrected chi connectivity index (χ2v) is 5.17. The third-order valence-corrected chi connectivity index (χ3v) is 3.57. The van der Waals surface area contributed by atoms with E-state index in [9.17, 15) is 9.18 Å². The SMILES string of the molecule is C=Cc1cccc(C(F)=Cc2ccccc2C(=COC)C(=O)OC)c1. The van der Waals surface area contributed by atoms with Crippen LogP contribution in [0.2, 0.25) is 0 Å². The van der Waals surface area contributed by atoms with Crippen LogP contribution in [0, 0.1) is 0 Å². The molecule has 0 N–H and O–H groups in total. The van der Waals surface area contributed by atoms with Gasteiger partial charge in [-0.3, -0.25) is 0 Å². The highest BCUT2D eigenvalue weighted by Gasteiger charge is 2.16. The Morgan fingerprint density at radius 2 is 1.88 bits per heavy atom. The lowest BCUT2D eigenvalue weighted by Crippen LogP contribution is -2.05. The van der Waals surface area contributed by atoms with Crippen molar-refractivity contribution in [3.63, 3.8) is 0 Å². The Kier molecular flexibility index (Phi) is 6.29. The molecule has 0 amide bonds. The molecule has 0 atom stereocenters. The van der Waals surface area contributed by atoms with Crippen LogP contribution in [0.25, 0.3) is 23.6 Å². The average Bonchev–Trinajstić information content (AvgIpc) is 2.66. The van der Waals surface area contributed by atoms with Crippen molar-refractivity contribution in [2.45, 2.75) is 0 Å². The molecule has 0 unspecified atom stereocenters. The molecule has 0 aliphatic carbocycles. The van der Waals surface area contributed by atoms with Crippen molar-refractivity contribution in [2.75, 3.05) is 14.2 Å². The predicted octanol–water partition coefficient (Wildman–Crippen LogP) is 4.96. The van der Waals surface area contributed by atoms with Gasteiger partial charge in [-0.25, -0.2) is 9.18 Å². The fraction of sp³-hybridized carbons (Fsp3) is 0.0952. The highest BCUT2D eigenvalue weighted by molar-refractivity contribution is 6.17. The number of carbonyl (C=O) groups is 1. The van der Waals surface area contributed by atoms with Gasteiger partial charge in [0, 0.05) is 5.56 Å². The standard InChI is InChI=1S/C21H19FO3/c1-4-15-8-7-10-17(12-15)20(22)13-16-9-5-6-11-18(16)19(14-24-2)21(23)25-3/h4-14H,1H2,2-3H3. The van der Waals surface area contributed by atoms with E-state index < -0.39 is 11.8 Å². The number of hydrogen-bond acceptors (Lipinski definition) is 3. The molecule has 128 valence electrons. The number of halogens is 1. The van der Waals surface area contributed by atoms with Crippen LogP contribution in [0.4, 0.5) is 4.39 Å². The number of ether oxygens (including phenoxy) is 2. The summed E-state index contributed by atoms with van der Waals surface area (Å²) < 4.78 is 24.5. The Labute approximate surface area is 146 Å². The first-order chi connectivity index (χ1) is 12.1. The third-order valence-electron chi connectivity index (χ3n) is 3.57. The van der Waals surface area contributed by atoms with Crippen LogP contribution >= 0.6 is 0 Å². The van der Waals surface area contributed by atoms with E-state index >= 15 is 0 Å². The zero-order chi connectivity index (χ0) is 18.2. The maximum atomic E-state index is 14.7. The van der Waals surface area contributed by atoms with Crippen LogP contribution in [-0.4, -0.2) is 20.2 Å². The lowest BCUT2D eigenvalue weighted by Gasteiger charge is -2.09. The lowest BCUT2D eigenvalue weighted by molar-refractivity contribution is -0.133. The summed E-state index contributed by atoms with van der Waals surface area (Å²) in [6.45, 7) is 3.69. The molecule has 0 saturated heterocycles. The summed E-state index contributed by atoms with van der Waals surface area (Å²) in [7, 11) is 2.72. The van der Waals surface area contributed by atoms with Crippen molar-refractivity contribution in [1.82, 2.24) is 0 Å². The second kappa shape index (κ2) is 8.64. The number of benzene rings is 2. The van der Waals surface area contributed by atoms with Crippen molar-refractivity contribution in [2.24, 2.45) is 0 Å². The molecule has 2 rings (SSSR count). The number of esters is 1. The quantitative estimate of drug-likeness (QED) is 0.323. The van der Waals surface area contributed by atoms with Gasteiger partial charge in [0.1, 0.15) is 11.4 Å². The summed E-state index contributed by atoms with van der Waals surface area (Å²) in [6.07, 6.45) is 4.32. The molecule has 0 spiro atoms. The van der Waals surface area contributed by atoms with Crippen molar-refractivity contribution in [3.05, 3.63) is 83.6 Å². The first-order valence-electron chi connectivity index (χ1n) is 7.61. The molecule has 2 aromatic carbocycles. The van der Waals surface area contributed by atoms with E-state index in [4.69, 9.17) is 9.47 Å². The van der Waals surface area contributed by atoms with E-state index in [2.05, 4.69) is 6.58 Å². The molecule has 0 saturated carbocycles. The Morgan fingerprint density at radius 1 is 1.12 bits per heavy atom. The van der Waals surface area contributed by atoms with Crippen molar-refractivity contribution >= 4 is 29.5 Å². The molecule has 0 aliphatic rings. The fourth-order valence-electron chi connectivity index (χ4n) is 2.35. The number of carbonyl (C=O) groups excluding carboxylic acids is 1. The molecule has 0 heterocycles. The topological polar surface area (TPSA) is 35.5 Å². The average molecular weight is 338 g/mol. The third kappa shape index (κ3) is 4.44. The monoisotopic (exact) mass is 338 g/mol. The minimum Gasteiger partial charge on any atom is -0.503 e. The number of rotatable bonds is 6. The van der Waals surface area contributed by atoms with E-state index in [1.807, 2.05) is 6.07 Å². The minimum atomic E-state index is -0.559. The minimum absolute atomic E-state index is 0.212. The predicted molar refractivity (Wildman–Crippen MR) is 99.0 cm³/mol. The summed E-state index contributed by atoms with van der Waals surface area (Å²) in [4.78, 5) is 12.0. The van der Waals surface area contributed by atoms with Crippen LogP contribution < -0.4 is 0 Å². The Bertz CT molecular complexity index is 835. The normalized spacial score (nSPS) is 11.8. The van der Waals surface area contributed by atoms with Crippen LogP contribution in [0.5, 0.6) is 0 Å². The first kappa shape index (κ1) is 18.2. The van der Waals surface area contributed by atoms with E-state index in [0.717, 1.165) is 5.56 Å². The molecule has 25 heavy (non-hydrogen) atoms. The summed E-state index contributed by atoms with van der Waals surface area (Å²) in [5.41, 5.74) is 2.53. The zero-order valence-corrected chi connectivity index (χ0v) is 14.2. The number of hydrogen-bond donors (Lipinski definition) is 0. The second-order valence-electron chi connectivity index (χ2n) is 5.17. The van der Waals surface area contributed by atoms with Gasteiger partial charge in [0.15, 0.2) is 0 Å². The Morgan fingerprint density at radius 3 is 2.56 bits per heavy atom. The van der Waals surface area contributed by atoms with Gasteiger partial charge in [0.25, 0.3) is 0 Å². The Balaban J connectivity index is 2.51. The number of methoxy groups -OCH3 is 2.